The molecule has 2 aliphatic heterocycles. The summed E-state index contributed by atoms with van der Waals surface area (Å²) in [5.74, 6) is -0.604. The fraction of sp³-hybridized carbons (Fsp3) is 0.286. The quantitative estimate of drug-likeness (QED) is 0.0752. The molecule has 19 heteroatoms. The molecule has 12 nitrogen and oxygen atoms in total. The number of anilines is 4. The first-order valence-electron chi connectivity index (χ1n) is 21.9. The van der Waals surface area contributed by atoms with E-state index in [1.807, 2.05) is 78.3 Å². The first kappa shape index (κ1) is 48.8. The van der Waals surface area contributed by atoms with E-state index < -0.39 is 47.2 Å². The first-order valence-corrected chi connectivity index (χ1v) is 26.3. The lowest BCUT2D eigenvalue weighted by atomic mass is 9.96. The van der Waals surface area contributed by atoms with Crippen LogP contribution < -0.4 is 19.8 Å². The van der Waals surface area contributed by atoms with Crippen molar-refractivity contribution in [1.29, 1.82) is 0 Å². The van der Waals surface area contributed by atoms with Crippen molar-refractivity contribution < 1.29 is 39.9 Å². The number of halogens is 4. The van der Waals surface area contributed by atoms with Gasteiger partial charge in [0.2, 0.25) is 0 Å². The van der Waals surface area contributed by atoms with Gasteiger partial charge in [-0.15, -0.1) is 11.8 Å². The molecule has 1 atom stereocenters. The summed E-state index contributed by atoms with van der Waals surface area (Å²) in [4.78, 5) is 18.3. The van der Waals surface area contributed by atoms with Crippen LogP contribution in [0.25, 0.3) is 22.4 Å². The number of carboxylic acid groups (broad SMARTS) is 1. The van der Waals surface area contributed by atoms with E-state index in [0.717, 1.165) is 64.7 Å². The molecule has 0 unspecified atom stereocenters. The number of hydrogen-bond acceptors (Lipinski definition) is 10. The average Bonchev–Trinajstić information content (AvgIpc) is 3.57. The molecule has 0 radical (unpaired) electrons. The standard InChI is InChI=1S/C49H50ClF3N6O6S3/c1-33-45(48(60)61)46(47(56(33)2)34-12-14-36(50)15-13-34)35-8-6-9-40(30-35)59-28-26-58(27-29-59)39-18-16-37(17-19-39)55-68(64,65)42-20-21-43(44(31-42)67(62,63)49(51,52)53)54-38(22-25-57-23-7-24-57)32-66-41-10-4-3-5-11-41/h3-6,8-21,30-31,38,54-55H,7,22-29,32H2,1-2H3,(H,60,61)/t38-/m1/s1. The highest BCUT2D eigenvalue weighted by atomic mass is 35.5. The van der Waals surface area contributed by atoms with Gasteiger partial charge in [-0.3, -0.25) is 4.72 Å². The van der Waals surface area contributed by atoms with Crippen LogP contribution in [0.5, 0.6) is 0 Å². The number of nitrogens with one attached hydrogen (secondary N) is 2. The van der Waals surface area contributed by atoms with E-state index in [1.165, 1.54) is 11.8 Å². The number of sulfone groups is 1. The fourth-order valence-electron chi connectivity index (χ4n) is 8.54. The molecule has 8 rings (SSSR count). The van der Waals surface area contributed by atoms with Crippen LogP contribution in [0.3, 0.4) is 0 Å². The highest BCUT2D eigenvalue weighted by Crippen LogP contribution is 2.41. The third kappa shape index (κ3) is 10.6. The molecule has 2 fully saturated rings. The van der Waals surface area contributed by atoms with Gasteiger partial charge < -0.3 is 29.7 Å². The number of sulfonamides is 1. The zero-order valence-corrected chi connectivity index (χ0v) is 40.4. The molecule has 2 aliphatic rings. The molecule has 3 heterocycles. The van der Waals surface area contributed by atoms with E-state index in [1.54, 1.807) is 43.3 Å². The van der Waals surface area contributed by atoms with Crippen molar-refractivity contribution in [2.75, 3.05) is 71.4 Å². The highest BCUT2D eigenvalue weighted by Gasteiger charge is 2.48. The van der Waals surface area contributed by atoms with Crippen molar-refractivity contribution in [2.45, 2.75) is 46.0 Å². The van der Waals surface area contributed by atoms with E-state index in [-0.39, 0.29) is 16.9 Å². The number of thioether (sulfide) groups is 1. The Balaban J connectivity index is 0.960. The van der Waals surface area contributed by atoms with Crippen LogP contribution in [0.2, 0.25) is 5.02 Å². The number of benzene rings is 5. The number of carboxylic acids is 1. The Morgan fingerprint density at radius 2 is 1.46 bits per heavy atom. The Kier molecular flexibility index (Phi) is 14.4. The lowest BCUT2D eigenvalue weighted by Crippen LogP contribution is -2.46. The Hall–Kier alpha value is -5.66. The van der Waals surface area contributed by atoms with E-state index >= 15 is 0 Å². The largest absolute Gasteiger partial charge is 0.501 e. The second kappa shape index (κ2) is 20.1. The summed E-state index contributed by atoms with van der Waals surface area (Å²) in [6.07, 6.45) is 1.57. The van der Waals surface area contributed by atoms with Crippen molar-refractivity contribution in [3.05, 3.63) is 138 Å². The van der Waals surface area contributed by atoms with E-state index in [0.29, 0.717) is 67.2 Å². The number of aromatic carboxylic acids is 1. The normalized spacial score (nSPS) is 15.2. The van der Waals surface area contributed by atoms with Gasteiger partial charge >= 0.3 is 11.5 Å². The Morgan fingerprint density at radius 3 is 2.07 bits per heavy atom. The smallest absolute Gasteiger partial charge is 0.478 e. The lowest BCUT2D eigenvalue weighted by Gasteiger charge is -2.37. The van der Waals surface area contributed by atoms with Crippen molar-refractivity contribution >= 4 is 71.9 Å². The third-order valence-electron chi connectivity index (χ3n) is 12.4. The third-order valence-corrected chi connectivity index (χ3v) is 16.8. The minimum absolute atomic E-state index is 0.130. The molecule has 2 saturated heterocycles. The molecule has 3 N–H and O–H groups in total. The number of nitrogens with zero attached hydrogens (tertiary/aromatic N) is 4. The number of alkyl halides is 3. The van der Waals surface area contributed by atoms with E-state index in [2.05, 4.69) is 24.7 Å². The van der Waals surface area contributed by atoms with E-state index in [4.69, 9.17) is 11.6 Å². The van der Waals surface area contributed by atoms with Gasteiger partial charge in [0, 0.05) is 89.8 Å². The van der Waals surface area contributed by atoms with Crippen LogP contribution in [0.15, 0.2) is 136 Å². The average molecular weight is 1010 g/mol. The monoisotopic (exact) mass is 1010 g/mol. The van der Waals surface area contributed by atoms with Crippen molar-refractivity contribution in [3.63, 3.8) is 0 Å². The summed E-state index contributed by atoms with van der Waals surface area (Å²) in [5.41, 5.74) is -0.347. The molecule has 0 saturated carbocycles. The molecule has 0 bridgehead atoms. The summed E-state index contributed by atoms with van der Waals surface area (Å²) in [5, 5.41) is 13.9. The maximum atomic E-state index is 14.2. The fourth-order valence-corrected chi connectivity index (χ4v) is 11.8. The molecule has 358 valence electrons. The second-order valence-corrected chi connectivity index (χ2v) is 21.9. The molecule has 6 aromatic rings. The number of rotatable bonds is 17. The topological polar surface area (TPSA) is 144 Å². The number of carbonyl (C=O) groups is 1. The van der Waals surface area contributed by atoms with Gasteiger partial charge in [-0.25, -0.2) is 21.6 Å². The zero-order chi connectivity index (χ0) is 48.4. The predicted octanol–water partition coefficient (Wildman–Crippen LogP) is 10.1. The van der Waals surface area contributed by atoms with Crippen LogP contribution in [0, 0.1) is 6.92 Å². The first-order chi connectivity index (χ1) is 32.4. The minimum Gasteiger partial charge on any atom is -0.478 e. The molecule has 0 aliphatic carbocycles. The van der Waals surface area contributed by atoms with E-state index in [9.17, 15) is 39.9 Å². The van der Waals surface area contributed by atoms with Crippen molar-refractivity contribution in [2.24, 2.45) is 7.05 Å². The summed E-state index contributed by atoms with van der Waals surface area (Å²) >= 11 is 7.67. The highest BCUT2D eigenvalue weighted by molar-refractivity contribution is 7.99. The van der Waals surface area contributed by atoms with Crippen LogP contribution in [0.4, 0.5) is 35.9 Å². The van der Waals surface area contributed by atoms with Crippen LogP contribution in [0.1, 0.15) is 28.9 Å². The minimum atomic E-state index is -5.98. The summed E-state index contributed by atoms with van der Waals surface area (Å²) in [6, 6.07) is 33.4. The molecule has 1 aromatic heterocycles. The zero-order valence-electron chi connectivity index (χ0n) is 37.2. The Bertz CT molecular complexity index is 3000. The van der Waals surface area contributed by atoms with Gasteiger partial charge in [0.1, 0.15) is 4.90 Å². The van der Waals surface area contributed by atoms with Crippen molar-refractivity contribution in [3.8, 4) is 22.4 Å². The summed E-state index contributed by atoms with van der Waals surface area (Å²) < 4.78 is 100. The Morgan fingerprint density at radius 1 is 0.794 bits per heavy atom. The number of hydrogen-bond donors (Lipinski definition) is 3. The van der Waals surface area contributed by atoms with Gasteiger partial charge in [0.25, 0.3) is 19.9 Å². The number of aromatic nitrogens is 1. The molecule has 0 amide bonds. The van der Waals surface area contributed by atoms with Gasteiger partial charge in [0.15, 0.2) is 0 Å². The molecular formula is C49H50ClF3N6O6S3. The van der Waals surface area contributed by atoms with Gasteiger partial charge in [-0.05, 0) is 123 Å². The molecule has 5 aromatic carbocycles. The maximum Gasteiger partial charge on any atom is 0.501 e. The Labute approximate surface area is 403 Å². The number of piperazine rings is 1. The maximum absolute atomic E-state index is 14.2. The predicted molar refractivity (Wildman–Crippen MR) is 265 cm³/mol. The van der Waals surface area contributed by atoms with Gasteiger partial charge in [-0.2, -0.15) is 13.2 Å². The molecule has 0 spiro atoms. The lowest BCUT2D eigenvalue weighted by molar-refractivity contribution is -0.0435. The second-order valence-electron chi connectivity index (χ2n) is 16.8. The van der Waals surface area contributed by atoms with Crippen LogP contribution in [-0.2, 0) is 26.9 Å². The SMILES string of the molecule is Cc1c(C(=O)O)c(-c2cccc(N3CCN(c4ccc(NS(=O)(=O)c5ccc(N[C@H](CCN6CCC6)CSc6ccccc6)c(S(=O)(=O)C(F)(F)F)c5)cc4)CC3)c2)c(-c2ccc(Cl)cc2)n1C. The molecular weight excluding hydrogens is 957 g/mol. The number of likely N-dealkylation sites (tertiary alicyclic amines) is 1. The molecule has 68 heavy (non-hydrogen) atoms. The van der Waals surface area contributed by atoms with Gasteiger partial charge in [-0.1, -0.05) is 54.1 Å². The van der Waals surface area contributed by atoms with Crippen LogP contribution >= 0.6 is 23.4 Å². The summed E-state index contributed by atoms with van der Waals surface area (Å²) in [7, 11) is -8.69. The van der Waals surface area contributed by atoms with Crippen LogP contribution in [-0.4, -0.2) is 100 Å². The van der Waals surface area contributed by atoms with Gasteiger partial charge in [0.05, 0.1) is 21.8 Å². The summed E-state index contributed by atoms with van der Waals surface area (Å²) in [6.45, 7) is 6.74. The van der Waals surface area contributed by atoms with Crippen molar-refractivity contribution in [1.82, 2.24) is 9.47 Å².